The fourth-order valence-electron chi connectivity index (χ4n) is 2.45. The summed E-state index contributed by atoms with van der Waals surface area (Å²) >= 11 is 0. The minimum atomic E-state index is -1.22. The van der Waals surface area contributed by atoms with Crippen LogP contribution in [0.2, 0.25) is 0 Å². The predicted octanol–water partition coefficient (Wildman–Crippen LogP) is 2.64. The van der Waals surface area contributed by atoms with Crippen molar-refractivity contribution >= 4 is 11.9 Å². The zero-order valence-corrected chi connectivity index (χ0v) is 12.1. The highest BCUT2D eigenvalue weighted by molar-refractivity contribution is 6.01. The first-order chi connectivity index (χ1) is 9.04. The van der Waals surface area contributed by atoms with Crippen LogP contribution in [0.25, 0.3) is 0 Å². The zero-order chi connectivity index (χ0) is 14.5. The van der Waals surface area contributed by atoms with Crippen molar-refractivity contribution in [2.24, 2.45) is 11.3 Å². The number of rotatable bonds is 5. The van der Waals surface area contributed by atoms with Gasteiger partial charge in [-0.25, -0.2) is 0 Å². The van der Waals surface area contributed by atoms with Gasteiger partial charge in [-0.05, 0) is 32.8 Å². The number of allylic oxidation sites excluding steroid dienone is 4. The van der Waals surface area contributed by atoms with Crippen molar-refractivity contribution in [2.75, 3.05) is 13.2 Å². The second-order valence-electron chi connectivity index (χ2n) is 4.54. The lowest BCUT2D eigenvalue weighted by molar-refractivity contribution is -0.174. The molecule has 0 aromatic heterocycles. The van der Waals surface area contributed by atoms with Crippen molar-refractivity contribution in [1.82, 2.24) is 0 Å². The second kappa shape index (κ2) is 6.55. The Bertz CT molecular complexity index is 388. The molecule has 4 nitrogen and oxygen atoms in total. The molecule has 0 amide bonds. The van der Waals surface area contributed by atoms with Crippen LogP contribution < -0.4 is 0 Å². The fourth-order valence-corrected chi connectivity index (χ4v) is 2.45. The highest BCUT2D eigenvalue weighted by atomic mass is 16.6. The van der Waals surface area contributed by atoms with Gasteiger partial charge in [0.1, 0.15) is 0 Å². The Hall–Kier alpha value is -1.58. The Morgan fingerprint density at radius 1 is 1.32 bits per heavy atom. The zero-order valence-electron chi connectivity index (χ0n) is 12.1. The molecule has 0 saturated carbocycles. The molecular weight excluding hydrogens is 245 g/mol. The third-order valence-corrected chi connectivity index (χ3v) is 3.54. The Labute approximate surface area is 114 Å². The first kappa shape index (κ1) is 15.5. The van der Waals surface area contributed by atoms with Gasteiger partial charge in [0.05, 0.1) is 13.2 Å². The van der Waals surface area contributed by atoms with E-state index in [2.05, 4.69) is 0 Å². The number of ether oxygens (including phenoxy) is 2. The standard InChI is InChI=1S/C15H22O4/c1-5-8-12-9-10-15(11(12)4,13(16)18-6-2)14(17)19-7-3/h5,8-9,11H,6-7,10H2,1-4H3/b8-5+/i8+1. The number of esters is 2. The normalized spacial score (nSPS) is 21.3. The van der Waals surface area contributed by atoms with Gasteiger partial charge in [-0.1, -0.05) is 25.2 Å². The molecule has 1 unspecified atom stereocenters. The summed E-state index contributed by atoms with van der Waals surface area (Å²) in [6, 6.07) is 0. The Morgan fingerprint density at radius 2 is 1.84 bits per heavy atom. The molecule has 1 aliphatic carbocycles. The van der Waals surface area contributed by atoms with Crippen molar-refractivity contribution in [1.29, 1.82) is 0 Å². The Morgan fingerprint density at radius 3 is 2.26 bits per heavy atom. The van der Waals surface area contributed by atoms with Crippen LogP contribution in [0, 0.1) is 11.3 Å². The molecule has 0 aromatic carbocycles. The van der Waals surface area contributed by atoms with Crippen LogP contribution in [0.1, 0.15) is 34.1 Å². The van der Waals surface area contributed by atoms with Crippen LogP contribution in [0.4, 0.5) is 0 Å². The average molecular weight is 267 g/mol. The van der Waals surface area contributed by atoms with E-state index in [1.54, 1.807) is 13.8 Å². The third-order valence-electron chi connectivity index (χ3n) is 3.54. The molecule has 1 aliphatic rings. The summed E-state index contributed by atoms with van der Waals surface area (Å²) in [4.78, 5) is 24.5. The smallest absolute Gasteiger partial charge is 0.324 e. The maximum Gasteiger partial charge on any atom is 0.324 e. The summed E-state index contributed by atoms with van der Waals surface area (Å²) in [5.41, 5.74) is -0.246. The van der Waals surface area contributed by atoms with Crippen molar-refractivity contribution in [3.63, 3.8) is 0 Å². The molecule has 4 heteroatoms. The number of hydrogen-bond donors (Lipinski definition) is 0. The molecule has 0 N–H and O–H groups in total. The molecule has 19 heavy (non-hydrogen) atoms. The van der Waals surface area contributed by atoms with Crippen molar-refractivity contribution in [3.8, 4) is 0 Å². The Balaban J connectivity index is 3.10. The van der Waals surface area contributed by atoms with Crippen molar-refractivity contribution in [2.45, 2.75) is 34.1 Å². The molecule has 1 rings (SSSR count). The van der Waals surface area contributed by atoms with Crippen LogP contribution in [0.15, 0.2) is 23.8 Å². The van der Waals surface area contributed by atoms with E-state index in [4.69, 9.17) is 9.47 Å². The van der Waals surface area contributed by atoms with E-state index < -0.39 is 17.4 Å². The lowest BCUT2D eigenvalue weighted by Gasteiger charge is -2.29. The summed E-state index contributed by atoms with van der Waals surface area (Å²) in [6.45, 7) is 7.75. The van der Waals surface area contributed by atoms with Crippen molar-refractivity contribution < 1.29 is 19.1 Å². The van der Waals surface area contributed by atoms with E-state index in [9.17, 15) is 9.59 Å². The van der Waals surface area contributed by atoms with E-state index in [0.29, 0.717) is 6.42 Å². The summed E-state index contributed by atoms with van der Waals surface area (Å²) in [5.74, 6) is -1.21. The monoisotopic (exact) mass is 267 g/mol. The quantitative estimate of drug-likeness (QED) is 0.436. The molecule has 0 radical (unpaired) electrons. The van der Waals surface area contributed by atoms with E-state index in [1.165, 1.54) is 0 Å². The molecule has 0 spiro atoms. The molecule has 106 valence electrons. The maximum absolute atomic E-state index is 12.3. The third kappa shape index (κ3) is 2.72. The summed E-state index contributed by atoms with van der Waals surface area (Å²) in [7, 11) is 0. The first-order valence-electron chi connectivity index (χ1n) is 6.71. The fraction of sp³-hybridized carbons (Fsp3) is 0.600. The second-order valence-corrected chi connectivity index (χ2v) is 4.54. The molecule has 0 aromatic rings. The lowest BCUT2D eigenvalue weighted by atomic mass is 9.76. The van der Waals surface area contributed by atoms with Gasteiger partial charge in [-0.3, -0.25) is 9.59 Å². The molecule has 0 fully saturated rings. The Kier molecular flexibility index (Phi) is 5.33. The van der Waals surface area contributed by atoms with Crippen LogP contribution in [0.3, 0.4) is 0 Å². The van der Waals surface area contributed by atoms with Gasteiger partial charge in [0.2, 0.25) is 0 Å². The van der Waals surface area contributed by atoms with Crippen LogP contribution >= 0.6 is 0 Å². The number of carbonyl (C=O) groups excluding carboxylic acids is 2. The van der Waals surface area contributed by atoms with Gasteiger partial charge in [-0.2, -0.15) is 0 Å². The summed E-state index contributed by atoms with van der Waals surface area (Å²) in [6.07, 6.45) is 6.07. The van der Waals surface area contributed by atoms with Gasteiger partial charge in [0.25, 0.3) is 0 Å². The minimum absolute atomic E-state index is 0.234. The van der Waals surface area contributed by atoms with Gasteiger partial charge in [-0.15, -0.1) is 0 Å². The van der Waals surface area contributed by atoms with Crippen LogP contribution in [0.5, 0.6) is 0 Å². The average Bonchev–Trinajstić information content (AvgIpc) is 2.69. The van der Waals surface area contributed by atoms with Gasteiger partial charge >= 0.3 is 11.9 Å². The SMILES string of the molecule is C/C=[13CH]/C1=CCC(C(=O)OCC)(C(=O)OCC)C1C. The molecule has 0 aliphatic heterocycles. The van der Waals surface area contributed by atoms with E-state index >= 15 is 0 Å². The topological polar surface area (TPSA) is 52.6 Å². The van der Waals surface area contributed by atoms with E-state index in [0.717, 1.165) is 5.57 Å². The van der Waals surface area contributed by atoms with Gasteiger partial charge < -0.3 is 9.47 Å². The summed E-state index contributed by atoms with van der Waals surface area (Å²) in [5, 5.41) is 0. The van der Waals surface area contributed by atoms with E-state index in [1.807, 2.05) is 32.1 Å². The van der Waals surface area contributed by atoms with Gasteiger partial charge in [0.15, 0.2) is 5.41 Å². The van der Waals surface area contributed by atoms with Gasteiger partial charge in [0, 0.05) is 5.92 Å². The maximum atomic E-state index is 12.3. The summed E-state index contributed by atoms with van der Waals surface area (Å²) < 4.78 is 10.2. The molecule has 1 atom stereocenters. The number of carbonyl (C=O) groups is 2. The van der Waals surface area contributed by atoms with Crippen molar-refractivity contribution in [3.05, 3.63) is 23.8 Å². The first-order valence-corrected chi connectivity index (χ1v) is 6.71. The van der Waals surface area contributed by atoms with Crippen LogP contribution in [-0.2, 0) is 19.1 Å². The highest BCUT2D eigenvalue weighted by Gasteiger charge is 2.55. The minimum Gasteiger partial charge on any atom is -0.465 e. The molecule has 0 heterocycles. The van der Waals surface area contributed by atoms with Crippen LogP contribution in [-0.4, -0.2) is 25.2 Å². The largest absolute Gasteiger partial charge is 0.465 e. The number of hydrogen-bond acceptors (Lipinski definition) is 4. The molecule has 0 saturated heterocycles. The van der Waals surface area contributed by atoms with E-state index in [-0.39, 0.29) is 19.1 Å². The molecule has 0 bridgehead atoms. The molecular formula is C15H22O4. The highest BCUT2D eigenvalue weighted by Crippen LogP contribution is 2.45. The predicted molar refractivity (Wildman–Crippen MR) is 72.4 cm³/mol. The lowest BCUT2D eigenvalue weighted by Crippen LogP contribution is -2.45.